The molecule has 122 valence electrons. The first-order valence-electron chi connectivity index (χ1n) is 7.16. The summed E-state index contributed by atoms with van der Waals surface area (Å²) in [5.74, 6) is 0. The zero-order valence-electron chi connectivity index (χ0n) is 12.4. The van der Waals surface area contributed by atoms with Crippen molar-refractivity contribution >= 4 is 28.2 Å². The lowest BCUT2D eigenvalue weighted by atomic mass is 10.1. The Labute approximate surface area is 136 Å². The van der Waals surface area contributed by atoms with Crippen molar-refractivity contribution in [3.05, 3.63) is 72.3 Å². The molecule has 0 aliphatic rings. The molecule has 0 saturated heterocycles. The Kier molecular flexibility index (Phi) is 4.12. The van der Waals surface area contributed by atoms with Gasteiger partial charge in [-0.15, -0.1) is 0 Å². The molecule has 0 unspecified atom stereocenters. The molecule has 3 aromatic rings. The highest BCUT2D eigenvalue weighted by molar-refractivity contribution is 6.01. The van der Waals surface area contributed by atoms with Gasteiger partial charge < -0.3 is 10.6 Å². The molecule has 2 N–H and O–H groups in total. The van der Waals surface area contributed by atoms with Gasteiger partial charge in [0.2, 0.25) is 0 Å². The van der Waals surface area contributed by atoms with E-state index in [0.717, 1.165) is 16.8 Å². The first-order chi connectivity index (χ1) is 11.4. The molecule has 3 rings (SSSR count). The molecule has 0 spiro atoms. The largest absolute Gasteiger partial charge is 0.418 e. The maximum atomic E-state index is 12.9. The van der Waals surface area contributed by atoms with Crippen LogP contribution in [0.5, 0.6) is 0 Å². The van der Waals surface area contributed by atoms with Crippen LogP contribution in [0.1, 0.15) is 5.56 Å². The Morgan fingerprint density at radius 1 is 0.792 bits per heavy atom. The molecule has 3 nitrogen and oxygen atoms in total. The lowest BCUT2D eigenvalue weighted by molar-refractivity contribution is -0.136. The van der Waals surface area contributed by atoms with Gasteiger partial charge in [0.05, 0.1) is 11.3 Å². The van der Waals surface area contributed by atoms with Gasteiger partial charge in [0, 0.05) is 5.69 Å². The van der Waals surface area contributed by atoms with Gasteiger partial charge in [0.1, 0.15) is 0 Å². The van der Waals surface area contributed by atoms with Crippen LogP contribution in [-0.4, -0.2) is 6.03 Å². The normalized spacial score (nSPS) is 11.3. The maximum Gasteiger partial charge on any atom is 0.418 e. The van der Waals surface area contributed by atoms with E-state index in [4.69, 9.17) is 0 Å². The minimum Gasteiger partial charge on any atom is -0.308 e. The Morgan fingerprint density at radius 3 is 2.21 bits per heavy atom. The quantitative estimate of drug-likeness (QED) is 0.640. The van der Waals surface area contributed by atoms with Crippen LogP contribution in [0.15, 0.2) is 66.7 Å². The molecule has 0 heterocycles. The number of anilines is 2. The molecule has 0 saturated carbocycles. The second-order valence-electron chi connectivity index (χ2n) is 5.18. The molecule has 0 bridgehead atoms. The Balaban J connectivity index is 1.78. The number of benzene rings is 3. The van der Waals surface area contributed by atoms with E-state index in [0.29, 0.717) is 5.69 Å². The predicted octanol–water partition coefficient (Wildman–Crippen LogP) is 5.50. The number of amides is 2. The van der Waals surface area contributed by atoms with Crippen LogP contribution in [0.3, 0.4) is 0 Å². The highest BCUT2D eigenvalue weighted by Crippen LogP contribution is 2.34. The lowest BCUT2D eigenvalue weighted by Gasteiger charge is -2.14. The number of carbonyl (C=O) groups is 1. The number of para-hydroxylation sites is 1. The van der Waals surface area contributed by atoms with Crippen LogP contribution >= 0.6 is 0 Å². The molecular formula is C18H13F3N2O. The molecule has 0 atom stereocenters. The second kappa shape index (κ2) is 6.23. The highest BCUT2D eigenvalue weighted by atomic mass is 19.4. The smallest absolute Gasteiger partial charge is 0.308 e. The van der Waals surface area contributed by atoms with Crippen molar-refractivity contribution in [2.45, 2.75) is 6.18 Å². The van der Waals surface area contributed by atoms with Gasteiger partial charge in [0.15, 0.2) is 0 Å². The van der Waals surface area contributed by atoms with Gasteiger partial charge in [-0.2, -0.15) is 13.2 Å². The summed E-state index contributed by atoms with van der Waals surface area (Å²) >= 11 is 0. The topological polar surface area (TPSA) is 41.1 Å². The van der Waals surface area contributed by atoms with Crippen LogP contribution in [0.25, 0.3) is 10.8 Å². The fraction of sp³-hybridized carbons (Fsp3) is 0.0556. The third-order valence-electron chi connectivity index (χ3n) is 3.49. The third-order valence-corrected chi connectivity index (χ3v) is 3.49. The molecule has 2 amide bonds. The van der Waals surface area contributed by atoms with E-state index < -0.39 is 17.8 Å². The van der Waals surface area contributed by atoms with E-state index in [1.54, 1.807) is 12.1 Å². The number of carbonyl (C=O) groups excluding carboxylic acids is 1. The van der Waals surface area contributed by atoms with Crippen LogP contribution in [0, 0.1) is 0 Å². The molecule has 3 aromatic carbocycles. The standard InChI is InChI=1S/C18H13F3N2O/c19-18(20,21)15-7-3-4-8-16(15)23-17(24)22-14-10-9-12-5-1-2-6-13(12)11-14/h1-11H,(H2,22,23,24). The minimum absolute atomic E-state index is 0.289. The summed E-state index contributed by atoms with van der Waals surface area (Å²) in [6.07, 6.45) is -4.53. The van der Waals surface area contributed by atoms with Crippen molar-refractivity contribution in [1.82, 2.24) is 0 Å². The van der Waals surface area contributed by atoms with Gasteiger partial charge in [-0.1, -0.05) is 42.5 Å². The van der Waals surface area contributed by atoms with E-state index in [2.05, 4.69) is 10.6 Å². The van der Waals surface area contributed by atoms with Gasteiger partial charge in [-0.3, -0.25) is 0 Å². The number of urea groups is 1. The van der Waals surface area contributed by atoms with Crippen molar-refractivity contribution in [1.29, 1.82) is 0 Å². The van der Waals surface area contributed by atoms with Crippen LogP contribution in [0.2, 0.25) is 0 Å². The number of alkyl halides is 3. The fourth-order valence-corrected chi connectivity index (χ4v) is 2.39. The predicted molar refractivity (Wildman–Crippen MR) is 88.0 cm³/mol. The van der Waals surface area contributed by atoms with E-state index in [9.17, 15) is 18.0 Å². The lowest BCUT2D eigenvalue weighted by Crippen LogP contribution is -2.21. The van der Waals surface area contributed by atoms with Crippen LogP contribution < -0.4 is 10.6 Å². The average Bonchev–Trinajstić information content (AvgIpc) is 2.54. The molecule has 0 radical (unpaired) electrons. The van der Waals surface area contributed by atoms with Crippen molar-refractivity contribution in [3.63, 3.8) is 0 Å². The number of nitrogens with one attached hydrogen (secondary N) is 2. The Morgan fingerprint density at radius 2 is 1.46 bits per heavy atom. The Bertz CT molecular complexity index is 891. The van der Waals surface area contributed by atoms with E-state index >= 15 is 0 Å². The summed E-state index contributed by atoms with van der Waals surface area (Å²) in [6, 6.07) is 17.0. The van der Waals surface area contributed by atoms with Gasteiger partial charge in [0.25, 0.3) is 0 Å². The number of halogens is 3. The van der Waals surface area contributed by atoms with Crippen LogP contribution in [0.4, 0.5) is 29.3 Å². The summed E-state index contributed by atoms with van der Waals surface area (Å²) in [4.78, 5) is 12.0. The summed E-state index contributed by atoms with van der Waals surface area (Å²) in [7, 11) is 0. The Hall–Kier alpha value is -3.02. The van der Waals surface area contributed by atoms with Crippen molar-refractivity contribution in [2.75, 3.05) is 10.6 Å². The number of hydrogen-bond acceptors (Lipinski definition) is 1. The summed E-state index contributed by atoms with van der Waals surface area (Å²) in [6.45, 7) is 0. The van der Waals surface area contributed by atoms with Crippen LogP contribution in [-0.2, 0) is 6.18 Å². The van der Waals surface area contributed by atoms with E-state index in [-0.39, 0.29) is 5.69 Å². The SMILES string of the molecule is O=C(Nc1ccc2ccccc2c1)Nc1ccccc1C(F)(F)F. The van der Waals surface area contributed by atoms with Gasteiger partial charge >= 0.3 is 12.2 Å². The number of hydrogen-bond donors (Lipinski definition) is 2. The monoisotopic (exact) mass is 330 g/mol. The van der Waals surface area contributed by atoms with Crippen molar-refractivity contribution < 1.29 is 18.0 Å². The first kappa shape index (κ1) is 15.9. The van der Waals surface area contributed by atoms with Crippen molar-refractivity contribution in [3.8, 4) is 0 Å². The van der Waals surface area contributed by atoms with E-state index in [1.807, 2.05) is 30.3 Å². The third kappa shape index (κ3) is 3.48. The maximum absolute atomic E-state index is 12.9. The molecule has 0 aliphatic carbocycles. The molecule has 24 heavy (non-hydrogen) atoms. The first-order valence-corrected chi connectivity index (χ1v) is 7.16. The summed E-state index contributed by atoms with van der Waals surface area (Å²) in [5, 5.41) is 6.72. The highest BCUT2D eigenvalue weighted by Gasteiger charge is 2.33. The number of rotatable bonds is 2. The second-order valence-corrected chi connectivity index (χ2v) is 5.18. The zero-order valence-corrected chi connectivity index (χ0v) is 12.4. The fourth-order valence-electron chi connectivity index (χ4n) is 2.39. The van der Waals surface area contributed by atoms with Crippen molar-refractivity contribution in [2.24, 2.45) is 0 Å². The number of fused-ring (bicyclic) bond motifs is 1. The minimum atomic E-state index is -4.53. The summed E-state index contributed by atoms with van der Waals surface area (Å²) in [5.41, 5.74) is -0.683. The van der Waals surface area contributed by atoms with Gasteiger partial charge in [-0.05, 0) is 35.0 Å². The summed E-state index contributed by atoms with van der Waals surface area (Å²) < 4.78 is 38.8. The average molecular weight is 330 g/mol. The molecule has 0 aliphatic heterocycles. The molecule has 0 fully saturated rings. The van der Waals surface area contributed by atoms with E-state index in [1.165, 1.54) is 18.2 Å². The molecule has 6 heteroatoms. The van der Waals surface area contributed by atoms with Gasteiger partial charge in [-0.25, -0.2) is 4.79 Å². The zero-order chi connectivity index (χ0) is 17.2. The molecular weight excluding hydrogens is 317 g/mol. The molecule has 0 aromatic heterocycles.